The molecule has 2 unspecified atom stereocenters. The normalized spacial score (nSPS) is 17.8. The number of rotatable bonds is 3. The molecule has 8 aromatic rings. The van der Waals surface area contributed by atoms with Crippen LogP contribution < -0.4 is 16.0 Å². The summed E-state index contributed by atoms with van der Waals surface area (Å²) in [6, 6.07) is 57.9. The lowest BCUT2D eigenvalue weighted by atomic mass is 9.67. The summed E-state index contributed by atoms with van der Waals surface area (Å²) in [7, 11) is 0. The van der Waals surface area contributed by atoms with Gasteiger partial charge in [0.05, 0.1) is 16.8 Å². The number of nitrogen functional groups attached to an aromatic ring is 1. The molecule has 0 radical (unpaired) electrons. The van der Waals surface area contributed by atoms with Crippen molar-refractivity contribution in [2.45, 2.75) is 21.4 Å². The molecule has 3 nitrogen and oxygen atoms in total. The Morgan fingerprint density at radius 2 is 1.35 bits per heavy atom. The van der Waals surface area contributed by atoms with Gasteiger partial charge in [-0.15, -0.1) is 11.3 Å². The summed E-state index contributed by atoms with van der Waals surface area (Å²) in [5.41, 5.74) is 21.6. The monoisotopic (exact) mass is 689 g/mol. The standard InChI is InChI=1S/C46H31N3S2/c47-30-21-18-28(19-22-30)33-27-50-42-25-23-36-43(44(33)42)32-12-4-5-13-34(32)46(36)35-14-6-9-17-40(35)51-41-24-20-29(26-37(41)46)45-48-38-15-7-8-16-39(38)49(45)31-10-2-1-3-11-31/h1-27,45,48H,47H2. The van der Waals surface area contributed by atoms with E-state index in [1.54, 1.807) is 0 Å². The third kappa shape index (κ3) is 4.02. The van der Waals surface area contributed by atoms with Crippen LogP contribution in [-0.2, 0) is 5.41 Å². The van der Waals surface area contributed by atoms with E-state index in [-0.39, 0.29) is 6.17 Å². The van der Waals surface area contributed by atoms with Crippen molar-refractivity contribution in [1.29, 1.82) is 0 Å². The fourth-order valence-corrected chi connectivity index (χ4v) is 11.0. The van der Waals surface area contributed by atoms with Gasteiger partial charge in [-0.2, -0.15) is 0 Å². The third-order valence-corrected chi connectivity index (χ3v) is 13.0. The number of anilines is 4. The maximum Gasteiger partial charge on any atom is 0.130 e. The molecule has 242 valence electrons. The van der Waals surface area contributed by atoms with Crippen LogP contribution in [0.4, 0.5) is 22.7 Å². The first-order valence-corrected chi connectivity index (χ1v) is 19.0. The third-order valence-electron chi connectivity index (χ3n) is 10.9. The molecule has 0 saturated carbocycles. The zero-order chi connectivity index (χ0) is 33.7. The molecular formula is C46H31N3S2. The number of hydrogen-bond acceptors (Lipinski definition) is 5. The highest BCUT2D eigenvalue weighted by Gasteiger charge is 2.51. The van der Waals surface area contributed by atoms with Crippen molar-refractivity contribution in [3.05, 3.63) is 191 Å². The fraction of sp³-hybridized carbons (Fsp3) is 0.0435. The van der Waals surface area contributed by atoms with Crippen molar-refractivity contribution < 1.29 is 0 Å². The predicted molar refractivity (Wildman–Crippen MR) is 214 cm³/mol. The van der Waals surface area contributed by atoms with Gasteiger partial charge < -0.3 is 16.0 Å². The Morgan fingerprint density at radius 1 is 0.608 bits per heavy atom. The number of benzene rings is 7. The summed E-state index contributed by atoms with van der Waals surface area (Å²) >= 11 is 3.71. The molecule has 1 spiro atoms. The van der Waals surface area contributed by atoms with E-state index >= 15 is 0 Å². The van der Waals surface area contributed by atoms with E-state index < -0.39 is 5.41 Å². The van der Waals surface area contributed by atoms with Gasteiger partial charge in [0.2, 0.25) is 0 Å². The van der Waals surface area contributed by atoms with Crippen LogP contribution in [-0.4, -0.2) is 0 Å². The minimum atomic E-state index is -0.489. The van der Waals surface area contributed by atoms with E-state index in [2.05, 4.69) is 161 Å². The minimum Gasteiger partial charge on any atom is -0.399 e. The molecule has 0 fully saturated rings. The fourth-order valence-electron chi connectivity index (χ4n) is 8.85. The Labute approximate surface area is 305 Å². The highest BCUT2D eigenvalue weighted by atomic mass is 32.2. The van der Waals surface area contributed by atoms with Crippen LogP contribution in [0, 0.1) is 0 Å². The molecule has 5 heteroatoms. The van der Waals surface area contributed by atoms with Crippen molar-refractivity contribution in [1.82, 2.24) is 0 Å². The van der Waals surface area contributed by atoms with Crippen molar-refractivity contribution >= 4 is 55.9 Å². The van der Waals surface area contributed by atoms with Crippen LogP contribution in [0.3, 0.4) is 0 Å². The topological polar surface area (TPSA) is 41.3 Å². The van der Waals surface area contributed by atoms with E-state index in [0.29, 0.717) is 0 Å². The first-order chi connectivity index (χ1) is 25.2. The molecule has 0 amide bonds. The Morgan fingerprint density at radius 3 is 2.24 bits per heavy atom. The first-order valence-electron chi connectivity index (χ1n) is 17.3. The largest absolute Gasteiger partial charge is 0.399 e. The second-order valence-corrected chi connectivity index (χ2v) is 15.5. The van der Waals surface area contributed by atoms with E-state index in [1.165, 1.54) is 81.3 Å². The van der Waals surface area contributed by atoms with Gasteiger partial charge in [-0.25, -0.2) is 0 Å². The number of hydrogen-bond donors (Lipinski definition) is 2. The smallest absolute Gasteiger partial charge is 0.130 e. The van der Waals surface area contributed by atoms with Gasteiger partial charge in [0.1, 0.15) is 6.17 Å². The van der Waals surface area contributed by atoms with E-state index in [1.807, 2.05) is 35.2 Å². The molecule has 3 N–H and O–H groups in total. The van der Waals surface area contributed by atoms with E-state index in [4.69, 9.17) is 5.73 Å². The van der Waals surface area contributed by atoms with Crippen LogP contribution in [0.2, 0.25) is 0 Å². The van der Waals surface area contributed by atoms with Gasteiger partial charge in [-0.3, -0.25) is 0 Å². The van der Waals surface area contributed by atoms with Gasteiger partial charge in [-0.05, 0) is 111 Å². The number of para-hydroxylation sites is 3. The van der Waals surface area contributed by atoms with E-state index in [0.717, 1.165) is 11.4 Å². The number of nitrogens with two attached hydrogens (primary N) is 1. The predicted octanol–water partition coefficient (Wildman–Crippen LogP) is 12.2. The van der Waals surface area contributed by atoms with E-state index in [9.17, 15) is 0 Å². The lowest BCUT2D eigenvalue weighted by Gasteiger charge is -2.40. The molecule has 2 atom stereocenters. The highest BCUT2D eigenvalue weighted by molar-refractivity contribution is 7.99. The van der Waals surface area contributed by atoms with Gasteiger partial charge >= 0.3 is 0 Å². The van der Waals surface area contributed by atoms with Gasteiger partial charge in [-0.1, -0.05) is 109 Å². The van der Waals surface area contributed by atoms with Crippen molar-refractivity contribution in [2.75, 3.05) is 16.0 Å². The second-order valence-electron chi connectivity index (χ2n) is 13.6. The van der Waals surface area contributed by atoms with Gasteiger partial charge in [0.15, 0.2) is 0 Å². The lowest BCUT2D eigenvalue weighted by molar-refractivity contribution is 0.715. The molecule has 0 saturated heterocycles. The quantitative estimate of drug-likeness (QED) is 0.181. The van der Waals surface area contributed by atoms with Gasteiger partial charge in [0, 0.05) is 36.8 Å². The summed E-state index contributed by atoms with van der Waals surface area (Å²) in [6.45, 7) is 0. The van der Waals surface area contributed by atoms with Crippen LogP contribution >= 0.6 is 23.1 Å². The SMILES string of the molecule is Nc1ccc(-c2csc3ccc4c(c23)-c2ccccc2C42c3ccccc3Sc3ccc(C4Nc5ccccc5N4c4ccccc4)cc32)cc1. The summed E-state index contributed by atoms with van der Waals surface area (Å²) < 4.78 is 1.30. The molecule has 0 bridgehead atoms. The van der Waals surface area contributed by atoms with Crippen LogP contribution in [0.25, 0.3) is 32.3 Å². The lowest BCUT2D eigenvalue weighted by Crippen LogP contribution is -2.32. The Bertz CT molecular complexity index is 2680. The van der Waals surface area contributed by atoms with Crippen molar-refractivity contribution in [2.24, 2.45) is 0 Å². The molecule has 1 aliphatic carbocycles. The minimum absolute atomic E-state index is 0.0677. The average Bonchev–Trinajstić information content (AvgIpc) is 3.87. The number of nitrogens with one attached hydrogen (secondary N) is 1. The summed E-state index contributed by atoms with van der Waals surface area (Å²) in [5, 5.41) is 7.55. The number of nitrogens with zero attached hydrogens (tertiary/aromatic N) is 1. The molecule has 3 heterocycles. The summed E-state index contributed by atoms with van der Waals surface area (Å²) in [5.74, 6) is 0. The maximum atomic E-state index is 6.15. The van der Waals surface area contributed by atoms with Crippen molar-refractivity contribution in [3.8, 4) is 22.3 Å². The molecule has 3 aliphatic rings. The first kappa shape index (κ1) is 29.0. The number of thiophene rings is 1. The summed E-state index contributed by atoms with van der Waals surface area (Å²) in [6.07, 6.45) is -0.0677. The van der Waals surface area contributed by atoms with Crippen LogP contribution in [0.5, 0.6) is 0 Å². The average molecular weight is 690 g/mol. The zero-order valence-electron chi connectivity index (χ0n) is 27.5. The van der Waals surface area contributed by atoms with Crippen LogP contribution in [0.15, 0.2) is 173 Å². The molecule has 2 aliphatic heterocycles. The van der Waals surface area contributed by atoms with Gasteiger partial charge in [0.25, 0.3) is 0 Å². The second kappa shape index (κ2) is 10.9. The summed E-state index contributed by atoms with van der Waals surface area (Å²) in [4.78, 5) is 5.05. The zero-order valence-corrected chi connectivity index (χ0v) is 29.1. The number of fused-ring (bicyclic) bond motifs is 12. The molecular weight excluding hydrogens is 659 g/mol. The molecule has 1 aromatic heterocycles. The molecule has 7 aromatic carbocycles. The Hall–Kier alpha value is -5.75. The van der Waals surface area contributed by atoms with Crippen molar-refractivity contribution in [3.63, 3.8) is 0 Å². The Kier molecular flexibility index (Phi) is 6.19. The Balaban J connectivity index is 1.20. The molecule has 51 heavy (non-hydrogen) atoms. The highest BCUT2D eigenvalue weighted by Crippen LogP contribution is 2.64. The maximum absolute atomic E-state index is 6.15. The van der Waals surface area contributed by atoms with Crippen LogP contribution in [0.1, 0.15) is 34.0 Å². The molecule has 11 rings (SSSR count).